The molecule has 0 aliphatic rings. The fourth-order valence-electron chi connectivity index (χ4n) is 2.46. The van der Waals surface area contributed by atoms with E-state index >= 15 is 0 Å². The third-order valence-corrected chi connectivity index (χ3v) is 3.93. The zero-order chi connectivity index (χ0) is 20.5. The highest BCUT2D eigenvalue weighted by Gasteiger charge is 2.13. The van der Waals surface area contributed by atoms with Gasteiger partial charge in [0.15, 0.2) is 11.5 Å². The SMILES string of the molecule is CCCOc1ccc(C(=O)Nc2ccc(N(C)C(=O)OC)cc2)cc1OCC. The van der Waals surface area contributed by atoms with Crippen molar-refractivity contribution in [2.45, 2.75) is 20.3 Å². The highest BCUT2D eigenvalue weighted by molar-refractivity contribution is 6.04. The lowest BCUT2D eigenvalue weighted by atomic mass is 10.1. The zero-order valence-corrected chi connectivity index (χ0v) is 16.7. The molecule has 0 spiro atoms. The molecule has 150 valence electrons. The molecule has 0 saturated heterocycles. The lowest BCUT2D eigenvalue weighted by Gasteiger charge is -2.16. The molecule has 0 heterocycles. The van der Waals surface area contributed by atoms with Gasteiger partial charge in [-0.3, -0.25) is 9.69 Å². The van der Waals surface area contributed by atoms with Crippen LogP contribution in [0.25, 0.3) is 0 Å². The van der Waals surface area contributed by atoms with Crippen molar-refractivity contribution in [3.63, 3.8) is 0 Å². The Morgan fingerprint density at radius 2 is 1.71 bits per heavy atom. The summed E-state index contributed by atoms with van der Waals surface area (Å²) in [4.78, 5) is 25.5. The number of amides is 2. The second-order valence-corrected chi connectivity index (χ2v) is 5.97. The second-order valence-electron chi connectivity index (χ2n) is 5.97. The van der Waals surface area contributed by atoms with Gasteiger partial charge in [-0.1, -0.05) is 6.92 Å². The Labute approximate surface area is 165 Å². The Balaban J connectivity index is 2.11. The lowest BCUT2D eigenvalue weighted by Crippen LogP contribution is -2.25. The molecule has 0 atom stereocenters. The van der Waals surface area contributed by atoms with E-state index in [9.17, 15) is 9.59 Å². The van der Waals surface area contributed by atoms with Crippen LogP contribution < -0.4 is 19.7 Å². The number of carbonyl (C=O) groups is 2. The number of anilines is 2. The average molecular weight is 386 g/mol. The summed E-state index contributed by atoms with van der Waals surface area (Å²) in [6.45, 7) is 4.96. The van der Waals surface area contributed by atoms with Crippen LogP contribution in [-0.2, 0) is 4.74 Å². The maximum atomic E-state index is 12.6. The van der Waals surface area contributed by atoms with Gasteiger partial charge < -0.3 is 19.5 Å². The van der Waals surface area contributed by atoms with Gasteiger partial charge in [0.25, 0.3) is 5.91 Å². The van der Waals surface area contributed by atoms with Gasteiger partial charge in [0.1, 0.15) is 0 Å². The molecule has 0 fully saturated rings. The summed E-state index contributed by atoms with van der Waals surface area (Å²) in [5, 5.41) is 2.83. The first kappa shape index (κ1) is 21.1. The lowest BCUT2D eigenvalue weighted by molar-refractivity contribution is 0.102. The Hall–Kier alpha value is -3.22. The molecule has 7 heteroatoms. The fourth-order valence-corrected chi connectivity index (χ4v) is 2.46. The van der Waals surface area contributed by atoms with Gasteiger partial charge in [-0.15, -0.1) is 0 Å². The molecule has 0 saturated carbocycles. The Kier molecular flexibility index (Phi) is 7.68. The first-order valence-corrected chi connectivity index (χ1v) is 9.12. The molecule has 0 aromatic heterocycles. The van der Waals surface area contributed by atoms with Crippen LogP contribution in [0.5, 0.6) is 11.5 Å². The molecular weight excluding hydrogens is 360 g/mol. The maximum Gasteiger partial charge on any atom is 0.413 e. The Morgan fingerprint density at radius 3 is 2.32 bits per heavy atom. The number of carbonyl (C=O) groups excluding carboxylic acids is 2. The largest absolute Gasteiger partial charge is 0.490 e. The second kappa shape index (κ2) is 10.2. The van der Waals surface area contributed by atoms with E-state index in [1.54, 1.807) is 49.5 Å². The van der Waals surface area contributed by atoms with Crippen molar-refractivity contribution in [1.29, 1.82) is 0 Å². The summed E-state index contributed by atoms with van der Waals surface area (Å²) >= 11 is 0. The first-order chi connectivity index (χ1) is 13.5. The molecule has 2 amide bonds. The van der Waals surface area contributed by atoms with Crippen LogP contribution in [0.15, 0.2) is 42.5 Å². The molecule has 0 bridgehead atoms. The van der Waals surface area contributed by atoms with Gasteiger partial charge in [0.05, 0.1) is 20.3 Å². The fraction of sp³-hybridized carbons (Fsp3) is 0.333. The molecular formula is C21H26N2O5. The number of hydrogen-bond acceptors (Lipinski definition) is 5. The first-order valence-electron chi connectivity index (χ1n) is 9.12. The molecule has 28 heavy (non-hydrogen) atoms. The third-order valence-electron chi connectivity index (χ3n) is 3.93. The van der Waals surface area contributed by atoms with Crippen LogP contribution in [0, 0.1) is 0 Å². The molecule has 0 aliphatic heterocycles. The Morgan fingerprint density at radius 1 is 1.00 bits per heavy atom. The summed E-state index contributed by atoms with van der Waals surface area (Å²) < 4.78 is 15.9. The minimum absolute atomic E-state index is 0.267. The van der Waals surface area contributed by atoms with Gasteiger partial charge in [0.2, 0.25) is 0 Å². The molecule has 2 aromatic carbocycles. The van der Waals surface area contributed by atoms with Crippen LogP contribution in [0.1, 0.15) is 30.6 Å². The van der Waals surface area contributed by atoms with Crippen molar-refractivity contribution < 1.29 is 23.8 Å². The van der Waals surface area contributed by atoms with E-state index in [4.69, 9.17) is 9.47 Å². The minimum Gasteiger partial charge on any atom is -0.490 e. The highest BCUT2D eigenvalue weighted by atomic mass is 16.5. The highest BCUT2D eigenvalue weighted by Crippen LogP contribution is 2.29. The average Bonchev–Trinajstić information content (AvgIpc) is 2.72. The maximum absolute atomic E-state index is 12.6. The smallest absolute Gasteiger partial charge is 0.413 e. The monoisotopic (exact) mass is 386 g/mol. The predicted molar refractivity (Wildman–Crippen MR) is 109 cm³/mol. The van der Waals surface area contributed by atoms with Gasteiger partial charge in [-0.25, -0.2) is 4.79 Å². The number of benzene rings is 2. The molecule has 0 radical (unpaired) electrons. The van der Waals surface area contributed by atoms with E-state index in [-0.39, 0.29) is 5.91 Å². The normalized spacial score (nSPS) is 10.1. The molecule has 7 nitrogen and oxygen atoms in total. The molecule has 0 aliphatic carbocycles. The third kappa shape index (κ3) is 5.39. The number of hydrogen-bond donors (Lipinski definition) is 1. The number of methoxy groups -OCH3 is 1. The summed E-state index contributed by atoms with van der Waals surface area (Å²) in [6.07, 6.45) is 0.417. The summed E-state index contributed by atoms with van der Waals surface area (Å²) in [5.74, 6) is 0.895. The number of nitrogens with one attached hydrogen (secondary N) is 1. The van der Waals surface area contributed by atoms with Crippen molar-refractivity contribution in [1.82, 2.24) is 0 Å². The molecule has 2 aromatic rings. The standard InChI is InChI=1S/C21H26N2O5/c1-5-13-28-18-12-7-15(14-19(18)27-6-2)20(24)22-16-8-10-17(11-9-16)23(3)21(25)26-4/h7-12,14H,5-6,13H2,1-4H3,(H,22,24). The van der Waals surface area contributed by atoms with Gasteiger partial charge >= 0.3 is 6.09 Å². The van der Waals surface area contributed by atoms with Gasteiger partial charge in [0, 0.05) is 24.0 Å². The van der Waals surface area contributed by atoms with Crippen LogP contribution in [0.3, 0.4) is 0 Å². The quantitative estimate of drug-likeness (QED) is 0.731. The van der Waals surface area contributed by atoms with Crippen LogP contribution in [0.4, 0.5) is 16.2 Å². The van der Waals surface area contributed by atoms with Crippen molar-refractivity contribution in [2.75, 3.05) is 37.6 Å². The van der Waals surface area contributed by atoms with E-state index in [2.05, 4.69) is 10.1 Å². The van der Waals surface area contributed by atoms with Gasteiger partial charge in [-0.2, -0.15) is 0 Å². The van der Waals surface area contributed by atoms with Crippen molar-refractivity contribution in [2.24, 2.45) is 0 Å². The summed E-state index contributed by atoms with van der Waals surface area (Å²) in [7, 11) is 2.93. The van der Waals surface area contributed by atoms with Crippen molar-refractivity contribution in [3.05, 3.63) is 48.0 Å². The molecule has 1 N–H and O–H groups in total. The van der Waals surface area contributed by atoms with Gasteiger partial charge in [-0.05, 0) is 55.8 Å². The number of ether oxygens (including phenoxy) is 3. The van der Waals surface area contributed by atoms with E-state index in [0.717, 1.165) is 6.42 Å². The van der Waals surface area contributed by atoms with Crippen LogP contribution in [0.2, 0.25) is 0 Å². The zero-order valence-electron chi connectivity index (χ0n) is 16.7. The van der Waals surface area contributed by atoms with E-state index in [1.807, 2.05) is 13.8 Å². The van der Waals surface area contributed by atoms with Crippen LogP contribution in [-0.4, -0.2) is 39.4 Å². The Bertz CT molecular complexity index is 805. The van der Waals surface area contributed by atoms with E-state index in [0.29, 0.717) is 41.7 Å². The summed E-state index contributed by atoms with van der Waals surface area (Å²) in [5.41, 5.74) is 1.72. The summed E-state index contributed by atoms with van der Waals surface area (Å²) in [6, 6.07) is 12.0. The van der Waals surface area contributed by atoms with E-state index < -0.39 is 6.09 Å². The predicted octanol–water partition coefficient (Wildman–Crippen LogP) is 4.33. The minimum atomic E-state index is -0.467. The topological polar surface area (TPSA) is 77.1 Å². The van der Waals surface area contributed by atoms with Crippen LogP contribution >= 0.6 is 0 Å². The number of nitrogens with zero attached hydrogens (tertiary/aromatic N) is 1. The molecule has 0 unspecified atom stereocenters. The van der Waals surface area contributed by atoms with E-state index in [1.165, 1.54) is 12.0 Å². The van der Waals surface area contributed by atoms with Crippen molar-refractivity contribution >= 4 is 23.4 Å². The van der Waals surface area contributed by atoms with Crippen molar-refractivity contribution in [3.8, 4) is 11.5 Å². The molecule has 2 rings (SSSR count). The number of rotatable bonds is 8.